The number of benzene rings is 2. The number of phenolic OH excluding ortho intramolecular Hbond substituents is 1. The second-order valence-electron chi connectivity index (χ2n) is 7.94. The molecular weight excluding hydrogens is 308 g/mol. The summed E-state index contributed by atoms with van der Waals surface area (Å²) >= 11 is 0. The van der Waals surface area contributed by atoms with Crippen molar-refractivity contribution in [3.05, 3.63) is 64.2 Å². The summed E-state index contributed by atoms with van der Waals surface area (Å²) in [5.41, 5.74) is 4.28. The summed E-state index contributed by atoms with van der Waals surface area (Å²) in [7, 11) is 0. The minimum Gasteiger partial charge on any atom is -0.507 e. The normalized spacial score (nSPS) is 11.6. The van der Waals surface area contributed by atoms with Gasteiger partial charge in [0.1, 0.15) is 5.75 Å². The Kier molecular flexibility index (Phi) is 6.05. The van der Waals surface area contributed by atoms with Crippen LogP contribution in [0.4, 0.5) is 0 Å². The maximum atomic E-state index is 13.0. The van der Waals surface area contributed by atoms with E-state index in [1.54, 1.807) is 0 Å². The topological polar surface area (TPSA) is 37.3 Å². The number of ketones is 1. The van der Waals surface area contributed by atoms with Crippen LogP contribution < -0.4 is 0 Å². The molecule has 0 atom stereocenters. The zero-order valence-electron chi connectivity index (χ0n) is 16.3. The molecule has 0 unspecified atom stereocenters. The predicted molar refractivity (Wildman–Crippen MR) is 105 cm³/mol. The molecule has 1 N–H and O–H groups in total. The Hall–Kier alpha value is -2.09. The Bertz CT molecular complexity index is 708. The fourth-order valence-corrected chi connectivity index (χ4v) is 3.12. The van der Waals surface area contributed by atoms with E-state index < -0.39 is 0 Å². The molecule has 2 aromatic rings. The van der Waals surface area contributed by atoms with Crippen molar-refractivity contribution in [3.8, 4) is 5.75 Å². The number of hydrogen-bond donors (Lipinski definition) is 1. The van der Waals surface area contributed by atoms with Gasteiger partial charge in [0.05, 0.1) is 0 Å². The molecule has 0 heterocycles. The van der Waals surface area contributed by atoms with Crippen molar-refractivity contribution in [3.63, 3.8) is 0 Å². The summed E-state index contributed by atoms with van der Waals surface area (Å²) in [6, 6.07) is 11.6. The second kappa shape index (κ2) is 7.86. The number of phenols is 1. The maximum absolute atomic E-state index is 13.0. The van der Waals surface area contributed by atoms with Gasteiger partial charge in [-0.1, -0.05) is 65.8 Å². The van der Waals surface area contributed by atoms with Crippen molar-refractivity contribution in [2.24, 2.45) is 5.92 Å². The van der Waals surface area contributed by atoms with Gasteiger partial charge in [-0.15, -0.1) is 0 Å². The van der Waals surface area contributed by atoms with E-state index in [1.807, 2.05) is 64.1 Å². The van der Waals surface area contributed by atoms with Gasteiger partial charge in [0.2, 0.25) is 0 Å². The van der Waals surface area contributed by atoms with Gasteiger partial charge in [0, 0.05) is 11.1 Å². The van der Waals surface area contributed by atoms with E-state index in [-0.39, 0.29) is 17.6 Å². The minimum absolute atomic E-state index is 0.0138. The van der Waals surface area contributed by atoms with Gasteiger partial charge in [-0.05, 0) is 53.0 Å². The Morgan fingerprint density at radius 3 is 1.72 bits per heavy atom. The van der Waals surface area contributed by atoms with Crippen molar-refractivity contribution in [1.29, 1.82) is 0 Å². The monoisotopic (exact) mass is 338 g/mol. The molecule has 0 saturated heterocycles. The van der Waals surface area contributed by atoms with Gasteiger partial charge >= 0.3 is 0 Å². The van der Waals surface area contributed by atoms with Gasteiger partial charge in [0.25, 0.3) is 0 Å². The molecule has 0 radical (unpaired) electrons. The third kappa shape index (κ3) is 4.50. The molecule has 2 heteroatoms. The van der Waals surface area contributed by atoms with Crippen LogP contribution in [0.5, 0.6) is 5.75 Å². The quantitative estimate of drug-likeness (QED) is 0.649. The SMILES string of the molecule is CC(C)Cc1ccc(C(=O)c2cc(C(C)C)c(O)c(C(C)C)c2)cc1. The summed E-state index contributed by atoms with van der Waals surface area (Å²) in [4.78, 5) is 13.0. The lowest BCUT2D eigenvalue weighted by atomic mass is 9.89. The van der Waals surface area contributed by atoms with E-state index in [0.29, 0.717) is 22.8 Å². The lowest BCUT2D eigenvalue weighted by molar-refractivity contribution is 0.103. The molecule has 0 bridgehead atoms. The fourth-order valence-electron chi connectivity index (χ4n) is 3.12. The molecule has 0 aromatic heterocycles. The summed E-state index contributed by atoms with van der Waals surface area (Å²) in [6.45, 7) is 12.5. The molecular formula is C23H30O2. The van der Waals surface area contributed by atoms with Crippen LogP contribution in [0.3, 0.4) is 0 Å². The van der Waals surface area contributed by atoms with E-state index in [0.717, 1.165) is 17.5 Å². The molecule has 0 spiro atoms. The highest BCUT2D eigenvalue weighted by Crippen LogP contribution is 2.35. The van der Waals surface area contributed by atoms with Gasteiger partial charge in [-0.3, -0.25) is 4.79 Å². The molecule has 0 saturated carbocycles. The molecule has 2 rings (SSSR count). The van der Waals surface area contributed by atoms with Crippen LogP contribution in [-0.4, -0.2) is 10.9 Å². The largest absolute Gasteiger partial charge is 0.507 e. The highest BCUT2D eigenvalue weighted by atomic mass is 16.3. The number of carbonyl (C=O) groups is 1. The van der Waals surface area contributed by atoms with Crippen molar-refractivity contribution < 1.29 is 9.90 Å². The van der Waals surface area contributed by atoms with Crippen LogP contribution in [0.25, 0.3) is 0 Å². The summed E-state index contributed by atoms with van der Waals surface area (Å²) in [5.74, 6) is 1.27. The Morgan fingerprint density at radius 1 is 0.840 bits per heavy atom. The summed E-state index contributed by atoms with van der Waals surface area (Å²) in [5, 5.41) is 10.5. The second-order valence-corrected chi connectivity index (χ2v) is 7.94. The van der Waals surface area contributed by atoms with E-state index in [1.165, 1.54) is 5.56 Å². The fraction of sp³-hybridized carbons (Fsp3) is 0.435. The zero-order valence-corrected chi connectivity index (χ0v) is 16.3. The highest BCUT2D eigenvalue weighted by molar-refractivity contribution is 6.09. The summed E-state index contributed by atoms with van der Waals surface area (Å²) in [6.07, 6.45) is 1.02. The number of rotatable bonds is 6. The van der Waals surface area contributed by atoms with Crippen molar-refractivity contribution in [2.75, 3.05) is 0 Å². The summed E-state index contributed by atoms with van der Waals surface area (Å²) < 4.78 is 0. The lowest BCUT2D eigenvalue weighted by Crippen LogP contribution is -2.06. The Morgan fingerprint density at radius 2 is 1.32 bits per heavy atom. The molecule has 0 aliphatic rings. The van der Waals surface area contributed by atoms with Gasteiger partial charge in [0.15, 0.2) is 5.78 Å². The Labute approximate surface area is 151 Å². The van der Waals surface area contributed by atoms with Crippen LogP contribution in [0.15, 0.2) is 36.4 Å². The first-order chi connectivity index (χ1) is 11.7. The van der Waals surface area contributed by atoms with Crippen LogP contribution in [0.2, 0.25) is 0 Å². The highest BCUT2D eigenvalue weighted by Gasteiger charge is 2.19. The van der Waals surface area contributed by atoms with Gasteiger partial charge in [-0.2, -0.15) is 0 Å². The standard InChI is InChI=1S/C23H30O2/c1-14(2)11-17-7-9-18(10-8-17)22(24)19-12-20(15(3)4)23(25)21(13-19)16(5)6/h7-10,12-16,25H,11H2,1-6H3. The minimum atomic E-state index is 0.0138. The molecule has 0 aliphatic heterocycles. The lowest BCUT2D eigenvalue weighted by Gasteiger charge is -2.17. The average molecular weight is 338 g/mol. The number of carbonyl (C=O) groups excluding carboxylic acids is 1. The third-order valence-electron chi connectivity index (χ3n) is 4.54. The molecule has 0 fully saturated rings. The van der Waals surface area contributed by atoms with Crippen LogP contribution >= 0.6 is 0 Å². The van der Waals surface area contributed by atoms with Crippen molar-refractivity contribution >= 4 is 5.78 Å². The van der Waals surface area contributed by atoms with Crippen molar-refractivity contribution in [1.82, 2.24) is 0 Å². The van der Waals surface area contributed by atoms with Crippen LogP contribution in [0, 0.1) is 5.92 Å². The Balaban J connectivity index is 2.41. The molecule has 2 nitrogen and oxygen atoms in total. The van der Waals surface area contributed by atoms with E-state index in [2.05, 4.69) is 13.8 Å². The molecule has 0 amide bonds. The van der Waals surface area contributed by atoms with E-state index in [4.69, 9.17) is 0 Å². The maximum Gasteiger partial charge on any atom is 0.193 e. The first-order valence-corrected chi connectivity index (χ1v) is 9.21. The number of hydrogen-bond acceptors (Lipinski definition) is 2. The van der Waals surface area contributed by atoms with Crippen LogP contribution in [-0.2, 0) is 6.42 Å². The van der Waals surface area contributed by atoms with Crippen LogP contribution in [0.1, 0.15) is 86.0 Å². The zero-order chi connectivity index (χ0) is 18.7. The smallest absolute Gasteiger partial charge is 0.193 e. The molecule has 134 valence electrons. The third-order valence-corrected chi connectivity index (χ3v) is 4.54. The first kappa shape index (κ1) is 19.2. The van der Waals surface area contributed by atoms with Crippen molar-refractivity contribution in [2.45, 2.75) is 59.8 Å². The van der Waals surface area contributed by atoms with E-state index in [9.17, 15) is 9.90 Å². The molecule has 25 heavy (non-hydrogen) atoms. The van der Waals surface area contributed by atoms with Gasteiger partial charge < -0.3 is 5.11 Å². The first-order valence-electron chi connectivity index (χ1n) is 9.21. The average Bonchev–Trinajstić information content (AvgIpc) is 2.54. The molecule has 0 aliphatic carbocycles. The predicted octanol–water partition coefficient (Wildman–Crippen LogP) is 6.07. The molecule has 2 aromatic carbocycles. The number of aromatic hydroxyl groups is 1. The van der Waals surface area contributed by atoms with Gasteiger partial charge in [-0.25, -0.2) is 0 Å². The van der Waals surface area contributed by atoms with E-state index >= 15 is 0 Å².